The van der Waals surface area contributed by atoms with Crippen LogP contribution in [0.25, 0.3) is 22.2 Å². The molecule has 1 atom stereocenters. The second-order valence-corrected chi connectivity index (χ2v) is 11.0. The van der Waals surface area contributed by atoms with Gasteiger partial charge in [0.15, 0.2) is 5.13 Å². The number of carbonyl (C=O) groups excluding carboxylic acids is 2. The van der Waals surface area contributed by atoms with E-state index in [4.69, 9.17) is 9.72 Å². The van der Waals surface area contributed by atoms with Gasteiger partial charge >= 0.3 is 0 Å². The van der Waals surface area contributed by atoms with E-state index in [1.54, 1.807) is 12.0 Å². The molecule has 1 unspecified atom stereocenters. The van der Waals surface area contributed by atoms with Crippen LogP contribution in [0, 0.1) is 0 Å². The lowest BCUT2D eigenvalue weighted by Crippen LogP contribution is -2.61. The highest BCUT2D eigenvalue weighted by atomic mass is 32.1. The summed E-state index contributed by atoms with van der Waals surface area (Å²) in [4.78, 5) is 35.8. The maximum absolute atomic E-state index is 14.2. The van der Waals surface area contributed by atoms with Crippen molar-refractivity contribution in [2.24, 2.45) is 0 Å². The number of rotatable bonds is 10. The van der Waals surface area contributed by atoms with Gasteiger partial charge in [0, 0.05) is 67.4 Å². The lowest BCUT2D eigenvalue weighted by molar-refractivity contribution is -0.136. The number of nitrogens with one attached hydrogen (secondary N) is 1. The Bertz CT molecular complexity index is 1460. The number of nitrogens with zero attached hydrogens (tertiary/aromatic N) is 4. The third-order valence-corrected chi connectivity index (χ3v) is 8.32. The largest absolute Gasteiger partial charge is 0.385 e. The quantitative estimate of drug-likeness (QED) is 0.302. The standard InChI is InChI=1S/C30H33N5O3S/c1-38-15-7-14-33-18-22(24-10-5-6-11-26(24)33)19-34(23-12-13-23)29(37)27-16-31-17-28(36)35(27)30-32-25(20-39-30)21-8-3-2-4-9-21/h2-6,8-11,18,20,23,27,31H,7,12-17,19H2,1H3. The van der Waals surface area contributed by atoms with Crippen molar-refractivity contribution in [1.29, 1.82) is 0 Å². The molecule has 6 rings (SSSR count). The predicted octanol–water partition coefficient (Wildman–Crippen LogP) is 4.30. The fraction of sp³-hybridized carbons (Fsp3) is 0.367. The Morgan fingerprint density at radius 3 is 2.74 bits per heavy atom. The highest BCUT2D eigenvalue weighted by Crippen LogP contribution is 2.34. The monoisotopic (exact) mass is 543 g/mol. The second kappa shape index (κ2) is 11.3. The van der Waals surface area contributed by atoms with Crippen molar-refractivity contribution in [3.8, 4) is 11.3 Å². The van der Waals surface area contributed by atoms with E-state index in [-0.39, 0.29) is 24.4 Å². The minimum Gasteiger partial charge on any atom is -0.385 e. The molecule has 2 fully saturated rings. The highest BCUT2D eigenvalue weighted by Gasteiger charge is 2.42. The third kappa shape index (κ3) is 5.34. The van der Waals surface area contributed by atoms with Gasteiger partial charge < -0.3 is 19.5 Å². The molecule has 0 spiro atoms. The van der Waals surface area contributed by atoms with Crippen LogP contribution >= 0.6 is 11.3 Å². The van der Waals surface area contributed by atoms with Crippen LogP contribution in [0.2, 0.25) is 0 Å². The zero-order chi connectivity index (χ0) is 26.8. The summed E-state index contributed by atoms with van der Waals surface area (Å²) in [6.45, 7) is 2.69. The molecule has 0 radical (unpaired) electrons. The van der Waals surface area contributed by atoms with Gasteiger partial charge in [-0.05, 0) is 30.9 Å². The highest BCUT2D eigenvalue weighted by molar-refractivity contribution is 7.14. The number of carbonyl (C=O) groups is 2. The number of anilines is 1. The third-order valence-electron chi connectivity index (χ3n) is 7.48. The molecule has 1 N–H and O–H groups in total. The number of piperazine rings is 1. The van der Waals surface area contributed by atoms with Crippen LogP contribution in [0.5, 0.6) is 0 Å². The Morgan fingerprint density at radius 2 is 1.95 bits per heavy atom. The van der Waals surface area contributed by atoms with Gasteiger partial charge in [-0.3, -0.25) is 14.5 Å². The van der Waals surface area contributed by atoms with E-state index < -0.39 is 6.04 Å². The first-order valence-corrected chi connectivity index (χ1v) is 14.4. The van der Waals surface area contributed by atoms with Crippen LogP contribution in [0.3, 0.4) is 0 Å². The minimum atomic E-state index is -0.628. The van der Waals surface area contributed by atoms with E-state index >= 15 is 0 Å². The van der Waals surface area contributed by atoms with Crippen molar-refractivity contribution in [1.82, 2.24) is 19.8 Å². The number of benzene rings is 2. The van der Waals surface area contributed by atoms with E-state index in [9.17, 15) is 9.59 Å². The van der Waals surface area contributed by atoms with Crippen molar-refractivity contribution in [3.05, 3.63) is 71.7 Å². The Kier molecular flexibility index (Phi) is 7.45. The SMILES string of the molecule is COCCCn1cc(CN(C(=O)C2CNCC(=O)N2c2nc(-c3ccccc3)cs2)C2CC2)c2ccccc21. The molecule has 2 amide bonds. The average molecular weight is 544 g/mol. The van der Waals surface area contributed by atoms with Gasteiger partial charge in [0.1, 0.15) is 6.04 Å². The zero-order valence-electron chi connectivity index (χ0n) is 22.1. The molecule has 3 heterocycles. The van der Waals surface area contributed by atoms with Gasteiger partial charge in [0.05, 0.1) is 12.2 Å². The van der Waals surface area contributed by atoms with E-state index in [1.807, 2.05) is 46.7 Å². The van der Waals surface area contributed by atoms with Gasteiger partial charge in [-0.25, -0.2) is 4.98 Å². The number of fused-ring (bicyclic) bond motifs is 1. The number of ether oxygens (including phenoxy) is 1. The number of amides is 2. The van der Waals surface area contributed by atoms with Gasteiger partial charge in [-0.2, -0.15) is 0 Å². The summed E-state index contributed by atoms with van der Waals surface area (Å²) in [7, 11) is 1.72. The predicted molar refractivity (Wildman–Crippen MR) is 154 cm³/mol. The van der Waals surface area contributed by atoms with Gasteiger partial charge in [-0.1, -0.05) is 48.5 Å². The average Bonchev–Trinajstić information content (AvgIpc) is 3.59. The summed E-state index contributed by atoms with van der Waals surface area (Å²) < 4.78 is 7.52. The first-order valence-electron chi connectivity index (χ1n) is 13.5. The molecule has 202 valence electrons. The fourth-order valence-corrected chi connectivity index (χ4v) is 6.28. The number of hydrogen-bond acceptors (Lipinski definition) is 6. The number of aromatic nitrogens is 2. The topological polar surface area (TPSA) is 79.7 Å². The molecule has 0 bridgehead atoms. The minimum absolute atomic E-state index is 0.0225. The number of methoxy groups -OCH3 is 1. The number of aryl methyl sites for hydroxylation is 1. The van der Waals surface area contributed by atoms with Crippen molar-refractivity contribution in [2.45, 2.75) is 44.4 Å². The van der Waals surface area contributed by atoms with Crippen LogP contribution in [-0.2, 0) is 27.4 Å². The van der Waals surface area contributed by atoms with Gasteiger partial charge in [0.2, 0.25) is 11.8 Å². The molecular formula is C30H33N5O3S. The van der Waals surface area contributed by atoms with Crippen molar-refractivity contribution < 1.29 is 14.3 Å². The first-order chi connectivity index (χ1) is 19.1. The Labute approximate surface area is 232 Å². The van der Waals surface area contributed by atoms with Gasteiger partial charge in [0.25, 0.3) is 0 Å². The molecule has 1 saturated carbocycles. The van der Waals surface area contributed by atoms with Crippen LogP contribution < -0.4 is 10.2 Å². The Morgan fingerprint density at radius 1 is 1.15 bits per heavy atom. The Hall–Kier alpha value is -3.53. The summed E-state index contributed by atoms with van der Waals surface area (Å²) in [5.74, 6) is -0.148. The molecule has 1 aliphatic heterocycles. The fourth-order valence-electron chi connectivity index (χ4n) is 5.38. The summed E-state index contributed by atoms with van der Waals surface area (Å²) in [6.07, 6.45) is 5.07. The van der Waals surface area contributed by atoms with E-state index in [2.05, 4.69) is 34.3 Å². The molecule has 9 heteroatoms. The molecule has 2 aromatic carbocycles. The maximum atomic E-state index is 14.2. The van der Waals surface area contributed by atoms with Crippen LogP contribution in [0.1, 0.15) is 24.8 Å². The van der Waals surface area contributed by atoms with Crippen molar-refractivity contribution in [3.63, 3.8) is 0 Å². The van der Waals surface area contributed by atoms with Gasteiger partial charge in [-0.15, -0.1) is 11.3 Å². The second-order valence-electron chi connectivity index (χ2n) is 10.2. The molecule has 4 aromatic rings. The number of hydrogen-bond donors (Lipinski definition) is 1. The summed E-state index contributed by atoms with van der Waals surface area (Å²) in [6, 6.07) is 17.8. The molecule has 1 saturated heterocycles. The van der Waals surface area contributed by atoms with E-state index in [1.165, 1.54) is 16.9 Å². The number of para-hydroxylation sites is 1. The molecule has 1 aliphatic carbocycles. The van der Waals surface area contributed by atoms with Crippen LogP contribution in [-0.4, -0.2) is 65.2 Å². The van der Waals surface area contributed by atoms with Crippen LogP contribution in [0.15, 0.2) is 66.2 Å². The summed E-state index contributed by atoms with van der Waals surface area (Å²) >= 11 is 1.41. The van der Waals surface area contributed by atoms with Crippen molar-refractivity contribution in [2.75, 3.05) is 31.7 Å². The maximum Gasteiger partial charge on any atom is 0.247 e. The van der Waals surface area contributed by atoms with Crippen LogP contribution in [0.4, 0.5) is 5.13 Å². The molecular weight excluding hydrogens is 510 g/mol. The lowest BCUT2D eigenvalue weighted by atomic mass is 10.1. The van der Waals surface area contributed by atoms with E-state index in [0.29, 0.717) is 24.8 Å². The smallest absolute Gasteiger partial charge is 0.247 e. The molecule has 8 nitrogen and oxygen atoms in total. The zero-order valence-corrected chi connectivity index (χ0v) is 22.9. The molecule has 2 aromatic heterocycles. The molecule has 2 aliphatic rings. The van der Waals surface area contributed by atoms with Crippen molar-refractivity contribution >= 4 is 39.2 Å². The normalized spacial score (nSPS) is 17.6. The Balaban J connectivity index is 1.28. The molecule has 39 heavy (non-hydrogen) atoms. The number of thiazole rings is 1. The first kappa shape index (κ1) is 25.7. The lowest BCUT2D eigenvalue weighted by Gasteiger charge is -2.36. The summed E-state index contributed by atoms with van der Waals surface area (Å²) in [5.41, 5.74) is 4.10. The van der Waals surface area contributed by atoms with E-state index in [0.717, 1.165) is 48.0 Å². The summed E-state index contributed by atoms with van der Waals surface area (Å²) in [5, 5.41) is 6.86.